The number of nitrogens with one attached hydrogen (secondary N) is 1. The van der Waals surface area contributed by atoms with Gasteiger partial charge in [0.2, 0.25) is 5.91 Å². The third-order valence-corrected chi connectivity index (χ3v) is 4.33. The fraction of sp³-hybridized carbons (Fsp3) is 0.389. The first-order chi connectivity index (χ1) is 11.3. The first-order valence-corrected chi connectivity index (χ1v) is 8.08. The molecule has 3 rings (SSSR count). The van der Waals surface area contributed by atoms with Crippen LogP contribution < -0.4 is 5.32 Å². The molecule has 1 aliphatic rings. The van der Waals surface area contributed by atoms with E-state index in [0.29, 0.717) is 24.4 Å². The molecule has 23 heavy (non-hydrogen) atoms. The molecule has 5 nitrogen and oxygen atoms in total. The Morgan fingerprint density at radius 3 is 2.70 bits per heavy atom. The number of nitrogens with zero attached hydrogens (tertiary/aromatic N) is 3. The summed E-state index contributed by atoms with van der Waals surface area (Å²) < 4.78 is 1.95. The molecule has 0 spiro atoms. The molecule has 1 aromatic heterocycles. The van der Waals surface area contributed by atoms with Crippen molar-refractivity contribution in [3.05, 3.63) is 47.7 Å². The number of hydrogen-bond acceptors (Lipinski definition) is 3. The van der Waals surface area contributed by atoms with Crippen molar-refractivity contribution in [2.24, 2.45) is 0 Å². The van der Waals surface area contributed by atoms with Crippen molar-refractivity contribution in [1.82, 2.24) is 9.78 Å². The van der Waals surface area contributed by atoms with Gasteiger partial charge in [0.1, 0.15) is 5.82 Å². The number of hydrogen-bond donors (Lipinski definition) is 1. The molecule has 1 amide bonds. The summed E-state index contributed by atoms with van der Waals surface area (Å²) in [7, 11) is 0. The minimum atomic E-state index is -0.00546. The minimum Gasteiger partial charge on any atom is -0.311 e. The summed E-state index contributed by atoms with van der Waals surface area (Å²) in [6.45, 7) is 0. The zero-order valence-corrected chi connectivity index (χ0v) is 13.0. The number of nitriles is 1. The minimum absolute atomic E-state index is 0.00546. The van der Waals surface area contributed by atoms with E-state index in [2.05, 4.69) is 16.5 Å². The maximum absolute atomic E-state index is 12.2. The number of amides is 1. The summed E-state index contributed by atoms with van der Waals surface area (Å²) in [5.41, 5.74) is 1.70. The van der Waals surface area contributed by atoms with Crippen LogP contribution in [-0.2, 0) is 11.2 Å². The van der Waals surface area contributed by atoms with Gasteiger partial charge >= 0.3 is 0 Å². The monoisotopic (exact) mass is 308 g/mol. The largest absolute Gasteiger partial charge is 0.311 e. The SMILES string of the molecule is N#Cc1ccc(CCC(=O)Nc2ccnn2C2CCCC2)cc1. The van der Waals surface area contributed by atoms with E-state index in [4.69, 9.17) is 5.26 Å². The molecule has 1 N–H and O–H groups in total. The molecule has 1 aromatic carbocycles. The molecule has 118 valence electrons. The van der Waals surface area contributed by atoms with Gasteiger partial charge in [-0.05, 0) is 37.0 Å². The molecule has 1 aliphatic carbocycles. The van der Waals surface area contributed by atoms with Crippen LogP contribution in [0.5, 0.6) is 0 Å². The Bertz CT molecular complexity index is 705. The molecule has 1 heterocycles. The van der Waals surface area contributed by atoms with Gasteiger partial charge in [-0.15, -0.1) is 0 Å². The van der Waals surface area contributed by atoms with E-state index in [1.54, 1.807) is 18.3 Å². The second-order valence-corrected chi connectivity index (χ2v) is 5.96. The van der Waals surface area contributed by atoms with E-state index in [-0.39, 0.29) is 5.91 Å². The zero-order chi connectivity index (χ0) is 16.1. The molecule has 0 saturated heterocycles. The Labute approximate surface area is 135 Å². The summed E-state index contributed by atoms with van der Waals surface area (Å²) in [6, 6.07) is 11.7. The van der Waals surface area contributed by atoms with Gasteiger partial charge in [-0.25, -0.2) is 4.68 Å². The average molecular weight is 308 g/mol. The van der Waals surface area contributed by atoms with Crippen LogP contribution in [0.1, 0.15) is 49.3 Å². The second-order valence-electron chi connectivity index (χ2n) is 5.96. The molecule has 0 aliphatic heterocycles. The quantitative estimate of drug-likeness (QED) is 0.919. The number of anilines is 1. The Hall–Kier alpha value is -2.61. The number of benzene rings is 1. The van der Waals surface area contributed by atoms with Crippen molar-refractivity contribution < 1.29 is 4.79 Å². The van der Waals surface area contributed by atoms with E-state index in [1.165, 1.54) is 12.8 Å². The van der Waals surface area contributed by atoms with Crippen molar-refractivity contribution in [1.29, 1.82) is 5.26 Å². The van der Waals surface area contributed by atoms with Crippen LogP contribution in [0.4, 0.5) is 5.82 Å². The lowest BCUT2D eigenvalue weighted by Crippen LogP contribution is -2.17. The van der Waals surface area contributed by atoms with Crippen molar-refractivity contribution in [2.45, 2.75) is 44.6 Å². The molecule has 0 bridgehead atoms. The number of carbonyl (C=O) groups excluding carboxylic acids is 1. The van der Waals surface area contributed by atoms with Crippen molar-refractivity contribution >= 4 is 11.7 Å². The lowest BCUT2D eigenvalue weighted by atomic mass is 10.1. The van der Waals surface area contributed by atoms with Crippen LogP contribution in [0, 0.1) is 11.3 Å². The topological polar surface area (TPSA) is 70.7 Å². The summed E-state index contributed by atoms with van der Waals surface area (Å²) in [5, 5.41) is 16.1. The summed E-state index contributed by atoms with van der Waals surface area (Å²) in [6.07, 6.45) is 7.56. The summed E-state index contributed by atoms with van der Waals surface area (Å²) >= 11 is 0. The first kappa shape index (κ1) is 15.3. The number of carbonyl (C=O) groups is 1. The second kappa shape index (κ2) is 7.10. The van der Waals surface area contributed by atoms with E-state index in [9.17, 15) is 4.79 Å². The third-order valence-electron chi connectivity index (χ3n) is 4.33. The normalized spacial score (nSPS) is 14.6. The zero-order valence-electron chi connectivity index (χ0n) is 13.0. The molecule has 1 saturated carbocycles. The Morgan fingerprint density at radius 1 is 1.26 bits per heavy atom. The highest BCUT2D eigenvalue weighted by Gasteiger charge is 2.20. The van der Waals surface area contributed by atoms with Gasteiger partial charge in [-0.2, -0.15) is 10.4 Å². The molecule has 0 atom stereocenters. The maximum Gasteiger partial charge on any atom is 0.225 e. The van der Waals surface area contributed by atoms with Crippen molar-refractivity contribution in [3.8, 4) is 6.07 Å². The lowest BCUT2D eigenvalue weighted by molar-refractivity contribution is -0.116. The Morgan fingerprint density at radius 2 is 2.00 bits per heavy atom. The molecular weight excluding hydrogens is 288 g/mol. The highest BCUT2D eigenvalue weighted by atomic mass is 16.1. The van der Waals surface area contributed by atoms with Crippen molar-refractivity contribution in [3.63, 3.8) is 0 Å². The first-order valence-electron chi connectivity index (χ1n) is 8.08. The smallest absolute Gasteiger partial charge is 0.225 e. The fourth-order valence-electron chi connectivity index (χ4n) is 3.06. The molecular formula is C18H20N4O. The Balaban J connectivity index is 1.55. The molecule has 1 fully saturated rings. The van der Waals surface area contributed by atoms with E-state index in [1.807, 2.05) is 22.9 Å². The average Bonchev–Trinajstić information content (AvgIpc) is 3.24. The molecule has 2 aromatic rings. The van der Waals surface area contributed by atoms with Gasteiger partial charge in [0.25, 0.3) is 0 Å². The van der Waals surface area contributed by atoms with Gasteiger partial charge < -0.3 is 5.32 Å². The lowest BCUT2D eigenvalue weighted by Gasteiger charge is -2.14. The standard InChI is InChI=1S/C18H20N4O/c19-13-15-7-5-14(6-8-15)9-10-18(23)21-17-11-12-20-22(17)16-3-1-2-4-16/h5-8,11-12,16H,1-4,9-10H2,(H,21,23). The van der Waals surface area contributed by atoms with E-state index < -0.39 is 0 Å². The van der Waals surface area contributed by atoms with Gasteiger partial charge in [-0.1, -0.05) is 25.0 Å². The van der Waals surface area contributed by atoms with Crippen molar-refractivity contribution in [2.75, 3.05) is 5.32 Å². The number of aryl methyl sites for hydroxylation is 1. The van der Waals surface area contributed by atoms with E-state index >= 15 is 0 Å². The summed E-state index contributed by atoms with van der Waals surface area (Å²) in [4.78, 5) is 12.2. The predicted octanol–water partition coefficient (Wildman–Crippen LogP) is 3.44. The highest BCUT2D eigenvalue weighted by molar-refractivity contribution is 5.89. The van der Waals surface area contributed by atoms with Crippen LogP contribution in [0.15, 0.2) is 36.5 Å². The molecule has 5 heteroatoms. The van der Waals surface area contributed by atoms with Gasteiger partial charge in [-0.3, -0.25) is 4.79 Å². The molecule has 0 unspecified atom stereocenters. The number of aromatic nitrogens is 2. The third kappa shape index (κ3) is 3.78. The fourth-order valence-corrected chi connectivity index (χ4v) is 3.06. The predicted molar refractivity (Wildman–Crippen MR) is 87.8 cm³/mol. The molecule has 0 radical (unpaired) electrons. The number of rotatable bonds is 5. The summed E-state index contributed by atoms with van der Waals surface area (Å²) in [5.74, 6) is 0.788. The van der Waals surface area contributed by atoms with Gasteiger partial charge in [0.05, 0.1) is 23.9 Å². The maximum atomic E-state index is 12.2. The van der Waals surface area contributed by atoms with Crippen LogP contribution >= 0.6 is 0 Å². The van der Waals surface area contributed by atoms with E-state index in [0.717, 1.165) is 24.2 Å². The Kier molecular flexibility index (Phi) is 4.72. The van der Waals surface area contributed by atoms with Gasteiger partial charge in [0, 0.05) is 12.5 Å². The van der Waals surface area contributed by atoms with Crippen LogP contribution in [0.3, 0.4) is 0 Å². The van der Waals surface area contributed by atoms with Crippen LogP contribution in [0.2, 0.25) is 0 Å². The highest BCUT2D eigenvalue weighted by Crippen LogP contribution is 2.31. The van der Waals surface area contributed by atoms with Gasteiger partial charge in [0.15, 0.2) is 0 Å². The van der Waals surface area contributed by atoms with Crippen LogP contribution in [0.25, 0.3) is 0 Å². The van der Waals surface area contributed by atoms with Crippen LogP contribution in [-0.4, -0.2) is 15.7 Å².